The van der Waals surface area contributed by atoms with Gasteiger partial charge >= 0.3 is 0 Å². The Labute approximate surface area is 137 Å². The summed E-state index contributed by atoms with van der Waals surface area (Å²) < 4.78 is 8.01. The van der Waals surface area contributed by atoms with Gasteiger partial charge in [0.15, 0.2) is 0 Å². The van der Waals surface area contributed by atoms with E-state index >= 15 is 0 Å². The highest BCUT2D eigenvalue weighted by Gasteiger charge is 2.15. The van der Waals surface area contributed by atoms with Gasteiger partial charge in [0.05, 0.1) is 27.9 Å². The number of benzene rings is 2. The van der Waals surface area contributed by atoms with Crippen molar-refractivity contribution in [3.05, 3.63) is 56.3 Å². The summed E-state index contributed by atoms with van der Waals surface area (Å²) in [6, 6.07) is 7.68. The summed E-state index contributed by atoms with van der Waals surface area (Å²) >= 11 is 7.60. The van der Waals surface area contributed by atoms with Gasteiger partial charge in [-0.1, -0.05) is 29.2 Å². The summed E-state index contributed by atoms with van der Waals surface area (Å²) in [5.41, 5.74) is 3.96. The van der Waals surface area contributed by atoms with Crippen LogP contribution in [0.15, 0.2) is 29.1 Å². The Bertz CT molecular complexity index is 940. The van der Waals surface area contributed by atoms with E-state index in [0.717, 1.165) is 32.5 Å². The van der Waals surface area contributed by atoms with Crippen molar-refractivity contribution in [2.24, 2.45) is 0 Å². The van der Waals surface area contributed by atoms with Crippen molar-refractivity contribution in [2.75, 3.05) is 7.11 Å². The fourth-order valence-corrected chi connectivity index (χ4v) is 4.05. The first kappa shape index (κ1) is 15.1. The molecule has 3 aromatic rings. The Balaban J connectivity index is 2.34. The zero-order valence-corrected chi connectivity index (χ0v) is 14.4. The van der Waals surface area contributed by atoms with Gasteiger partial charge in [-0.05, 0) is 49.6 Å². The van der Waals surface area contributed by atoms with Crippen LogP contribution in [0.2, 0.25) is 5.02 Å². The lowest BCUT2D eigenvalue weighted by atomic mass is 10.1. The summed E-state index contributed by atoms with van der Waals surface area (Å²) in [6.07, 6.45) is 0. The first-order valence-electron chi connectivity index (χ1n) is 6.90. The van der Waals surface area contributed by atoms with Crippen LogP contribution in [0.3, 0.4) is 0 Å². The quantitative estimate of drug-likeness (QED) is 0.684. The summed E-state index contributed by atoms with van der Waals surface area (Å²) in [4.78, 5) is 12.8. The van der Waals surface area contributed by atoms with Crippen molar-refractivity contribution < 1.29 is 4.74 Å². The third kappa shape index (κ3) is 2.32. The highest BCUT2D eigenvalue weighted by molar-refractivity contribution is 7.14. The molecular formula is C17H16ClNO2S. The second-order valence-electron chi connectivity index (χ2n) is 5.42. The van der Waals surface area contributed by atoms with Gasteiger partial charge in [-0.15, -0.1) is 0 Å². The maximum absolute atomic E-state index is 12.8. The standard InChI is InChI=1S/C17H16ClNO2S/c1-9-5-11(3)16-12(6-9)17(20)19(22-16)14-8-15(21-4)13(18)7-10(14)2/h5-8H,1-4H3. The minimum Gasteiger partial charge on any atom is -0.495 e. The van der Waals surface area contributed by atoms with Crippen LogP contribution in [0.4, 0.5) is 0 Å². The van der Waals surface area contributed by atoms with Crippen LogP contribution < -0.4 is 10.3 Å². The maximum atomic E-state index is 12.8. The number of rotatable bonds is 2. The smallest absolute Gasteiger partial charge is 0.273 e. The molecule has 0 N–H and O–H groups in total. The molecule has 0 fully saturated rings. The first-order chi connectivity index (χ1) is 10.4. The normalized spacial score (nSPS) is 11.1. The second kappa shape index (κ2) is 5.45. The fraction of sp³-hybridized carbons (Fsp3) is 0.235. The Kier molecular flexibility index (Phi) is 3.75. The number of ether oxygens (including phenoxy) is 1. The molecule has 0 radical (unpaired) electrons. The zero-order chi connectivity index (χ0) is 16.0. The monoisotopic (exact) mass is 333 g/mol. The molecule has 5 heteroatoms. The van der Waals surface area contributed by atoms with Crippen LogP contribution in [0, 0.1) is 20.8 Å². The Morgan fingerprint density at radius 3 is 2.50 bits per heavy atom. The third-order valence-corrected chi connectivity index (χ3v) is 5.27. The molecule has 114 valence electrons. The topological polar surface area (TPSA) is 31.2 Å². The minimum absolute atomic E-state index is 0.000671. The van der Waals surface area contributed by atoms with E-state index in [9.17, 15) is 4.79 Å². The summed E-state index contributed by atoms with van der Waals surface area (Å²) in [6.45, 7) is 5.98. The third-order valence-electron chi connectivity index (χ3n) is 3.71. The van der Waals surface area contributed by atoms with Gasteiger partial charge in [-0.2, -0.15) is 0 Å². The minimum atomic E-state index is -0.000671. The largest absolute Gasteiger partial charge is 0.495 e. The van der Waals surface area contributed by atoms with E-state index in [-0.39, 0.29) is 5.56 Å². The van der Waals surface area contributed by atoms with Crippen molar-refractivity contribution >= 4 is 33.2 Å². The van der Waals surface area contributed by atoms with Crippen molar-refractivity contribution in [3.63, 3.8) is 0 Å². The number of nitrogens with zero attached hydrogens (tertiary/aromatic N) is 1. The van der Waals surface area contributed by atoms with E-state index in [1.807, 2.05) is 39.0 Å². The lowest BCUT2D eigenvalue weighted by Crippen LogP contribution is -2.12. The van der Waals surface area contributed by atoms with Gasteiger partial charge in [-0.3, -0.25) is 4.79 Å². The number of aromatic nitrogens is 1. The number of halogens is 1. The highest BCUT2D eigenvalue weighted by atomic mass is 35.5. The molecule has 0 aliphatic heterocycles. The predicted octanol–water partition coefficient (Wildman–Crippen LogP) is 4.64. The molecule has 3 nitrogen and oxygen atoms in total. The summed E-state index contributed by atoms with van der Waals surface area (Å²) in [5.74, 6) is 0.569. The lowest BCUT2D eigenvalue weighted by molar-refractivity contribution is 0.415. The Morgan fingerprint density at radius 1 is 1.09 bits per heavy atom. The maximum Gasteiger partial charge on any atom is 0.273 e. The molecule has 2 aromatic carbocycles. The van der Waals surface area contributed by atoms with Gasteiger partial charge in [0.25, 0.3) is 5.56 Å². The molecular weight excluding hydrogens is 318 g/mol. The molecule has 0 bridgehead atoms. The first-order valence-corrected chi connectivity index (χ1v) is 8.05. The van der Waals surface area contributed by atoms with Gasteiger partial charge in [0.1, 0.15) is 5.75 Å². The molecule has 0 spiro atoms. The van der Waals surface area contributed by atoms with Crippen LogP contribution in [-0.4, -0.2) is 11.1 Å². The molecule has 0 aliphatic rings. The van der Waals surface area contributed by atoms with E-state index in [2.05, 4.69) is 6.07 Å². The molecule has 1 heterocycles. The van der Waals surface area contributed by atoms with E-state index < -0.39 is 0 Å². The van der Waals surface area contributed by atoms with Crippen molar-refractivity contribution in [1.82, 2.24) is 3.96 Å². The Morgan fingerprint density at radius 2 is 1.82 bits per heavy atom. The van der Waals surface area contributed by atoms with Gasteiger partial charge in [0, 0.05) is 6.07 Å². The lowest BCUT2D eigenvalue weighted by Gasteiger charge is -2.09. The average Bonchev–Trinajstić information content (AvgIpc) is 2.77. The van der Waals surface area contributed by atoms with Crippen LogP contribution in [0.1, 0.15) is 16.7 Å². The van der Waals surface area contributed by atoms with Crippen molar-refractivity contribution in [2.45, 2.75) is 20.8 Å². The second-order valence-corrected chi connectivity index (χ2v) is 6.79. The molecule has 0 unspecified atom stereocenters. The highest BCUT2D eigenvalue weighted by Crippen LogP contribution is 2.32. The van der Waals surface area contributed by atoms with Crippen LogP contribution in [-0.2, 0) is 0 Å². The number of hydrogen-bond acceptors (Lipinski definition) is 3. The average molecular weight is 334 g/mol. The SMILES string of the molecule is COc1cc(-n2sc3c(C)cc(C)cc3c2=O)c(C)cc1Cl. The van der Waals surface area contributed by atoms with E-state index in [1.54, 1.807) is 11.1 Å². The van der Waals surface area contributed by atoms with E-state index in [0.29, 0.717) is 10.8 Å². The van der Waals surface area contributed by atoms with E-state index in [1.165, 1.54) is 11.5 Å². The zero-order valence-electron chi connectivity index (χ0n) is 12.9. The van der Waals surface area contributed by atoms with Gasteiger partial charge in [-0.25, -0.2) is 3.96 Å². The van der Waals surface area contributed by atoms with Crippen LogP contribution >= 0.6 is 23.1 Å². The molecule has 0 amide bonds. The summed E-state index contributed by atoms with van der Waals surface area (Å²) in [7, 11) is 1.57. The predicted molar refractivity (Wildman–Crippen MR) is 93.2 cm³/mol. The van der Waals surface area contributed by atoms with Crippen LogP contribution in [0.25, 0.3) is 15.8 Å². The van der Waals surface area contributed by atoms with E-state index in [4.69, 9.17) is 16.3 Å². The number of fused-ring (bicyclic) bond motifs is 1. The molecule has 0 saturated heterocycles. The molecule has 0 aliphatic carbocycles. The fourth-order valence-electron chi connectivity index (χ4n) is 2.65. The van der Waals surface area contributed by atoms with Crippen molar-refractivity contribution in [3.8, 4) is 11.4 Å². The number of aryl methyl sites for hydroxylation is 3. The number of methoxy groups -OCH3 is 1. The molecule has 22 heavy (non-hydrogen) atoms. The Hall–Kier alpha value is -1.78. The molecule has 1 aromatic heterocycles. The number of hydrogen-bond donors (Lipinski definition) is 0. The molecule has 3 rings (SSSR count). The summed E-state index contributed by atoms with van der Waals surface area (Å²) in [5, 5.41) is 1.31. The molecule has 0 saturated carbocycles. The van der Waals surface area contributed by atoms with Gasteiger partial charge in [0.2, 0.25) is 0 Å². The van der Waals surface area contributed by atoms with Crippen molar-refractivity contribution in [1.29, 1.82) is 0 Å². The van der Waals surface area contributed by atoms with Gasteiger partial charge < -0.3 is 4.74 Å². The van der Waals surface area contributed by atoms with Crippen LogP contribution in [0.5, 0.6) is 5.75 Å². The molecule has 0 atom stereocenters.